The number of hydrogen-bond acceptors (Lipinski definition) is 4. The van der Waals surface area contributed by atoms with Crippen LogP contribution in [0.4, 0.5) is 5.69 Å². The van der Waals surface area contributed by atoms with Crippen molar-refractivity contribution in [1.82, 2.24) is 5.32 Å². The van der Waals surface area contributed by atoms with E-state index >= 15 is 0 Å². The Morgan fingerprint density at radius 2 is 1.72 bits per heavy atom. The molecule has 1 fully saturated rings. The van der Waals surface area contributed by atoms with Gasteiger partial charge >= 0.3 is 0 Å². The van der Waals surface area contributed by atoms with Crippen LogP contribution >= 0.6 is 0 Å². The standard InChI is InChI=1S/C23H24N2O4/c1-16-8-2-5-11-18(16)25(23(27)20-13-7-15-29-20)21(19-12-6-14-28-19)22(26)24-17-9-3-4-10-17/h2,5-8,11-15,17,21H,3-4,9-10H2,1H3,(H,24,26)/t21-/m0/s1. The molecule has 3 aromatic rings. The van der Waals surface area contributed by atoms with Gasteiger partial charge in [0.05, 0.1) is 12.5 Å². The highest BCUT2D eigenvalue weighted by Gasteiger charge is 2.37. The van der Waals surface area contributed by atoms with Crippen molar-refractivity contribution in [2.24, 2.45) is 0 Å². The number of para-hydroxylation sites is 1. The van der Waals surface area contributed by atoms with Gasteiger partial charge in [-0.25, -0.2) is 0 Å². The van der Waals surface area contributed by atoms with Gasteiger partial charge in [-0.2, -0.15) is 0 Å². The number of anilines is 1. The highest BCUT2D eigenvalue weighted by Crippen LogP contribution is 2.33. The normalized spacial score (nSPS) is 15.2. The minimum absolute atomic E-state index is 0.123. The molecule has 1 N–H and O–H groups in total. The maximum atomic E-state index is 13.4. The molecule has 0 radical (unpaired) electrons. The van der Waals surface area contributed by atoms with E-state index in [4.69, 9.17) is 8.83 Å². The van der Waals surface area contributed by atoms with Crippen LogP contribution in [0.3, 0.4) is 0 Å². The second-order valence-electron chi connectivity index (χ2n) is 7.35. The molecule has 29 heavy (non-hydrogen) atoms. The highest BCUT2D eigenvalue weighted by molar-refractivity contribution is 6.08. The second kappa shape index (κ2) is 8.39. The van der Waals surface area contributed by atoms with E-state index in [1.165, 1.54) is 17.4 Å². The van der Waals surface area contributed by atoms with Gasteiger partial charge in [0.15, 0.2) is 11.8 Å². The minimum atomic E-state index is -0.940. The molecule has 0 saturated heterocycles. The van der Waals surface area contributed by atoms with Crippen molar-refractivity contribution in [3.8, 4) is 0 Å². The fourth-order valence-electron chi connectivity index (χ4n) is 3.89. The summed E-state index contributed by atoms with van der Waals surface area (Å²) in [5.74, 6) is -0.0792. The van der Waals surface area contributed by atoms with Gasteiger partial charge in [-0.1, -0.05) is 31.0 Å². The van der Waals surface area contributed by atoms with E-state index in [2.05, 4.69) is 5.32 Å². The van der Waals surface area contributed by atoms with E-state index in [0.29, 0.717) is 11.4 Å². The molecule has 2 heterocycles. The quantitative estimate of drug-likeness (QED) is 0.664. The van der Waals surface area contributed by atoms with Crippen molar-refractivity contribution < 1.29 is 18.4 Å². The van der Waals surface area contributed by atoms with Crippen LogP contribution in [0.1, 0.15) is 53.6 Å². The third-order valence-electron chi connectivity index (χ3n) is 5.35. The highest BCUT2D eigenvalue weighted by atomic mass is 16.3. The fraction of sp³-hybridized carbons (Fsp3) is 0.304. The molecule has 2 aromatic heterocycles. The summed E-state index contributed by atoms with van der Waals surface area (Å²) >= 11 is 0. The zero-order chi connectivity index (χ0) is 20.2. The maximum Gasteiger partial charge on any atom is 0.295 e. The van der Waals surface area contributed by atoms with Crippen LogP contribution in [-0.4, -0.2) is 17.9 Å². The van der Waals surface area contributed by atoms with Gasteiger partial charge < -0.3 is 14.2 Å². The number of furan rings is 2. The lowest BCUT2D eigenvalue weighted by molar-refractivity contribution is -0.123. The molecule has 1 atom stereocenters. The number of rotatable bonds is 6. The van der Waals surface area contributed by atoms with E-state index in [1.54, 1.807) is 24.3 Å². The fourth-order valence-corrected chi connectivity index (χ4v) is 3.89. The Labute approximate surface area is 169 Å². The van der Waals surface area contributed by atoms with Crippen molar-refractivity contribution >= 4 is 17.5 Å². The van der Waals surface area contributed by atoms with E-state index in [9.17, 15) is 9.59 Å². The molecule has 0 aliphatic heterocycles. The number of nitrogens with one attached hydrogen (secondary N) is 1. The molecule has 0 bridgehead atoms. The molecule has 0 unspecified atom stereocenters. The smallest absolute Gasteiger partial charge is 0.295 e. The van der Waals surface area contributed by atoms with Gasteiger partial charge in [-0.3, -0.25) is 14.5 Å². The zero-order valence-electron chi connectivity index (χ0n) is 16.3. The predicted molar refractivity (Wildman–Crippen MR) is 109 cm³/mol. The summed E-state index contributed by atoms with van der Waals surface area (Å²) in [6.07, 6.45) is 7.06. The number of nitrogens with zero attached hydrogens (tertiary/aromatic N) is 1. The number of carbonyl (C=O) groups excluding carboxylic acids is 2. The molecule has 6 nitrogen and oxygen atoms in total. The average molecular weight is 392 g/mol. The Hall–Kier alpha value is -3.28. The van der Waals surface area contributed by atoms with Crippen molar-refractivity contribution in [3.05, 3.63) is 78.1 Å². The lowest BCUT2D eigenvalue weighted by atomic mass is 10.1. The third-order valence-corrected chi connectivity index (χ3v) is 5.35. The average Bonchev–Trinajstić information content (AvgIpc) is 3.49. The predicted octanol–water partition coefficient (Wildman–Crippen LogP) is 4.63. The summed E-state index contributed by atoms with van der Waals surface area (Å²) in [5, 5.41) is 3.11. The summed E-state index contributed by atoms with van der Waals surface area (Å²) in [5.41, 5.74) is 1.51. The van der Waals surface area contributed by atoms with Gasteiger partial charge in [0, 0.05) is 11.7 Å². The van der Waals surface area contributed by atoms with Crippen LogP contribution in [0.15, 0.2) is 69.9 Å². The first-order valence-electron chi connectivity index (χ1n) is 9.91. The van der Waals surface area contributed by atoms with Gasteiger partial charge in [-0.15, -0.1) is 0 Å². The molecular formula is C23H24N2O4. The lowest BCUT2D eigenvalue weighted by Crippen LogP contribution is -2.46. The maximum absolute atomic E-state index is 13.4. The topological polar surface area (TPSA) is 75.7 Å². The first-order chi connectivity index (χ1) is 14.1. The molecule has 1 aliphatic carbocycles. The number of hydrogen-bond donors (Lipinski definition) is 1. The molecule has 0 spiro atoms. The van der Waals surface area contributed by atoms with Crippen LogP contribution in [-0.2, 0) is 4.79 Å². The molecule has 1 aliphatic rings. The first kappa shape index (κ1) is 19.1. The van der Waals surface area contributed by atoms with Crippen molar-refractivity contribution in [2.45, 2.75) is 44.7 Å². The van der Waals surface area contributed by atoms with Crippen molar-refractivity contribution in [1.29, 1.82) is 0 Å². The van der Waals surface area contributed by atoms with E-state index in [1.807, 2.05) is 31.2 Å². The largest absolute Gasteiger partial charge is 0.467 e. The van der Waals surface area contributed by atoms with Gasteiger partial charge in [0.2, 0.25) is 0 Å². The van der Waals surface area contributed by atoms with Crippen molar-refractivity contribution in [2.75, 3.05) is 4.90 Å². The van der Waals surface area contributed by atoms with Crippen LogP contribution in [0, 0.1) is 6.92 Å². The van der Waals surface area contributed by atoms with Crippen LogP contribution in [0.25, 0.3) is 0 Å². The molecule has 1 saturated carbocycles. The van der Waals surface area contributed by atoms with E-state index < -0.39 is 11.9 Å². The lowest BCUT2D eigenvalue weighted by Gasteiger charge is -2.31. The minimum Gasteiger partial charge on any atom is -0.467 e. The monoisotopic (exact) mass is 392 g/mol. The Kier molecular flexibility index (Phi) is 5.51. The van der Waals surface area contributed by atoms with Gasteiger partial charge in [0.25, 0.3) is 11.8 Å². The molecular weight excluding hydrogens is 368 g/mol. The summed E-state index contributed by atoms with van der Waals surface area (Å²) < 4.78 is 11.0. The Morgan fingerprint density at radius 1 is 1.00 bits per heavy atom. The molecule has 2 amide bonds. The summed E-state index contributed by atoms with van der Waals surface area (Å²) in [4.78, 5) is 28.3. The molecule has 6 heteroatoms. The Balaban J connectivity index is 1.78. The molecule has 1 aromatic carbocycles. The SMILES string of the molecule is Cc1ccccc1N(C(=O)c1ccco1)[C@H](C(=O)NC1CCCC1)c1ccco1. The van der Waals surface area contributed by atoms with Crippen molar-refractivity contribution in [3.63, 3.8) is 0 Å². The number of amides is 2. The molecule has 150 valence electrons. The van der Waals surface area contributed by atoms with E-state index in [0.717, 1.165) is 31.2 Å². The van der Waals surface area contributed by atoms with E-state index in [-0.39, 0.29) is 17.7 Å². The van der Waals surface area contributed by atoms with Gasteiger partial charge in [0.1, 0.15) is 5.76 Å². The first-order valence-corrected chi connectivity index (χ1v) is 9.91. The zero-order valence-corrected chi connectivity index (χ0v) is 16.3. The number of aryl methyl sites for hydroxylation is 1. The second-order valence-corrected chi connectivity index (χ2v) is 7.35. The number of carbonyl (C=O) groups is 2. The number of benzene rings is 1. The van der Waals surface area contributed by atoms with Crippen LogP contribution in [0.5, 0.6) is 0 Å². The third kappa shape index (κ3) is 3.97. The Bertz CT molecular complexity index is 957. The summed E-state index contributed by atoms with van der Waals surface area (Å²) in [6, 6.07) is 13.4. The summed E-state index contributed by atoms with van der Waals surface area (Å²) in [7, 11) is 0. The van der Waals surface area contributed by atoms with Gasteiger partial charge in [-0.05, 0) is 55.7 Å². The summed E-state index contributed by atoms with van der Waals surface area (Å²) in [6.45, 7) is 1.91. The molecule has 4 rings (SSSR count). The van der Waals surface area contributed by atoms with Crippen LogP contribution < -0.4 is 10.2 Å². The van der Waals surface area contributed by atoms with Crippen LogP contribution in [0.2, 0.25) is 0 Å². The Morgan fingerprint density at radius 3 is 2.38 bits per heavy atom.